The predicted molar refractivity (Wildman–Crippen MR) is 106 cm³/mol. The molecule has 1 N–H and O–H groups in total. The minimum absolute atomic E-state index is 0.0375. The number of rotatable bonds is 1. The zero-order chi connectivity index (χ0) is 18.8. The molecule has 2 fully saturated rings. The first-order chi connectivity index (χ1) is 12.2. The normalized spacial score (nSPS) is 29.7. The molecular weight excluding hydrogens is 324 g/mol. The van der Waals surface area contributed by atoms with Crippen molar-refractivity contribution in [3.8, 4) is 0 Å². The van der Waals surface area contributed by atoms with Crippen molar-refractivity contribution < 1.29 is 9.53 Å². The number of amides is 1. The van der Waals surface area contributed by atoms with E-state index in [1.807, 2.05) is 0 Å². The molecule has 4 nitrogen and oxygen atoms in total. The van der Waals surface area contributed by atoms with E-state index >= 15 is 0 Å². The Bertz CT molecular complexity index is 522. The summed E-state index contributed by atoms with van der Waals surface area (Å²) in [5, 5.41) is 3.66. The van der Waals surface area contributed by atoms with Crippen LogP contribution in [0.1, 0.15) is 105 Å². The van der Waals surface area contributed by atoms with Gasteiger partial charge in [-0.3, -0.25) is 4.79 Å². The Hall–Kier alpha value is -0.900. The van der Waals surface area contributed by atoms with Crippen molar-refractivity contribution in [2.45, 2.75) is 121 Å². The second-order valence-corrected chi connectivity index (χ2v) is 10.2. The number of carbonyl (C=O) groups excluding carboxylic acids is 1. The number of nitrogens with one attached hydrogen (secondary N) is 1. The average Bonchev–Trinajstić information content (AvgIpc) is 2.77. The van der Waals surface area contributed by atoms with Crippen LogP contribution in [0.3, 0.4) is 0 Å². The minimum Gasteiger partial charge on any atom is -0.464 e. The van der Waals surface area contributed by atoms with Crippen LogP contribution in [0.4, 0.5) is 0 Å². The van der Waals surface area contributed by atoms with E-state index in [1.54, 1.807) is 0 Å². The van der Waals surface area contributed by atoms with Crippen molar-refractivity contribution in [2.24, 2.45) is 10.9 Å². The molecule has 4 heteroatoms. The molecule has 1 saturated heterocycles. The molecule has 0 aromatic rings. The lowest BCUT2D eigenvalue weighted by atomic mass is 9.72. The highest BCUT2D eigenvalue weighted by Gasteiger charge is 2.56. The lowest BCUT2D eigenvalue weighted by molar-refractivity contribution is -0.139. The van der Waals surface area contributed by atoms with E-state index < -0.39 is 5.60 Å². The number of carbonyl (C=O) groups is 1. The van der Waals surface area contributed by atoms with Gasteiger partial charge in [-0.15, -0.1) is 0 Å². The molecule has 3 aliphatic rings. The fourth-order valence-electron chi connectivity index (χ4n) is 5.59. The maximum absolute atomic E-state index is 13.0. The van der Waals surface area contributed by atoms with E-state index in [1.165, 1.54) is 51.4 Å². The van der Waals surface area contributed by atoms with Gasteiger partial charge >= 0.3 is 0 Å². The van der Waals surface area contributed by atoms with Gasteiger partial charge in [0.2, 0.25) is 0 Å². The van der Waals surface area contributed by atoms with E-state index in [4.69, 9.17) is 4.74 Å². The Labute approximate surface area is 159 Å². The van der Waals surface area contributed by atoms with E-state index in [2.05, 4.69) is 38.0 Å². The molecule has 0 aromatic heterocycles. The topological polar surface area (TPSA) is 50.7 Å². The molecule has 0 radical (unpaired) electrons. The standard InChI is InChI=1S/C22H38N2O2/c1-20(2)15-22(16-21(3,4)24-20)19(25)23-18(26-22)17-13-11-9-7-5-6-8-10-12-14-17/h17,24H,5-16H2,1-4H3. The summed E-state index contributed by atoms with van der Waals surface area (Å²) in [5.41, 5.74) is -1.01. The third-order valence-electron chi connectivity index (χ3n) is 6.24. The van der Waals surface area contributed by atoms with Crippen LogP contribution in [0.2, 0.25) is 0 Å². The summed E-state index contributed by atoms with van der Waals surface area (Å²) in [7, 11) is 0. The summed E-state index contributed by atoms with van der Waals surface area (Å²) < 4.78 is 6.47. The molecule has 148 valence electrons. The molecule has 3 rings (SSSR count). The Morgan fingerprint density at radius 2 is 1.31 bits per heavy atom. The van der Waals surface area contributed by atoms with Crippen LogP contribution in [-0.4, -0.2) is 28.5 Å². The summed E-state index contributed by atoms with van der Waals surface area (Å²) in [6.07, 6.45) is 14.1. The van der Waals surface area contributed by atoms with Crippen LogP contribution >= 0.6 is 0 Å². The molecular formula is C22H38N2O2. The van der Waals surface area contributed by atoms with Crippen molar-refractivity contribution in [2.75, 3.05) is 0 Å². The van der Waals surface area contributed by atoms with Crippen LogP contribution < -0.4 is 5.32 Å². The van der Waals surface area contributed by atoms with Crippen LogP contribution in [0.25, 0.3) is 0 Å². The maximum Gasteiger partial charge on any atom is 0.293 e. The lowest BCUT2D eigenvalue weighted by Crippen LogP contribution is -2.65. The van der Waals surface area contributed by atoms with Crippen molar-refractivity contribution >= 4 is 11.8 Å². The smallest absolute Gasteiger partial charge is 0.293 e. The van der Waals surface area contributed by atoms with Crippen LogP contribution in [0, 0.1) is 5.92 Å². The molecule has 26 heavy (non-hydrogen) atoms. The third kappa shape index (κ3) is 4.68. The molecule has 0 aromatic carbocycles. The fourth-order valence-corrected chi connectivity index (χ4v) is 5.59. The Kier molecular flexibility index (Phi) is 5.81. The molecule has 1 spiro atoms. The van der Waals surface area contributed by atoms with Gasteiger partial charge < -0.3 is 10.1 Å². The molecule has 2 heterocycles. The summed E-state index contributed by atoms with van der Waals surface area (Å²) in [4.78, 5) is 17.5. The van der Waals surface area contributed by atoms with Gasteiger partial charge in [-0.1, -0.05) is 51.4 Å². The van der Waals surface area contributed by atoms with Gasteiger partial charge in [0.15, 0.2) is 11.5 Å². The van der Waals surface area contributed by atoms with Gasteiger partial charge in [-0.2, -0.15) is 4.99 Å². The number of aliphatic imine (C=N–C) groups is 1. The largest absolute Gasteiger partial charge is 0.464 e. The molecule has 0 bridgehead atoms. The number of piperidine rings is 1. The highest BCUT2D eigenvalue weighted by atomic mass is 16.5. The van der Waals surface area contributed by atoms with Gasteiger partial charge in [-0.25, -0.2) is 0 Å². The summed E-state index contributed by atoms with van der Waals surface area (Å²) in [6, 6.07) is 0. The SMILES string of the molecule is CC1(C)CC2(CC(C)(C)N1)OC(C1CCCCCCCCCC1)=NC2=O. The zero-order valence-corrected chi connectivity index (χ0v) is 17.3. The van der Waals surface area contributed by atoms with Crippen LogP contribution in [0.15, 0.2) is 4.99 Å². The Balaban J connectivity index is 1.73. The average molecular weight is 363 g/mol. The van der Waals surface area contributed by atoms with Crippen molar-refractivity contribution in [1.29, 1.82) is 0 Å². The minimum atomic E-state index is -0.750. The van der Waals surface area contributed by atoms with Gasteiger partial charge in [-0.05, 0) is 40.5 Å². The van der Waals surface area contributed by atoms with Crippen LogP contribution in [0.5, 0.6) is 0 Å². The van der Waals surface area contributed by atoms with Crippen LogP contribution in [-0.2, 0) is 9.53 Å². The first-order valence-electron chi connectivity index (χ1n) is 10.8. The number of hydrogen-bond donors (Lipinski definition) is 1. The second-order valence-electron chi connectivity index (χ2n) is 10.2. The summed E-state index contributed by atoms with van der Waals surface area (Å²) in [6.45, 7) is 8.66. The van der Waals surface area contributed by atoms with Crippen molar-refractivity contribution in [3.05, 3.63) is 0 Å². The quantitative estimate of drug-likeness (QED) is 0.701. The molecule has 0 atom stereocenters. The zero-order valence-electron chi connectivity index (χ0n) is 17.3. The van der Waals surface area contributed by atoms with E-state index in [9.17, 15) is 4.79 Å². The highest BCUT2D eigenvalue weighted by molar-refractivity contribution is 6.03. The van der Waals surface area contributed by atoms with Gasteiger partial charge in [0.25, 0.3) is 5.91 Å². The number of nitrogens with zero attached hydrogens (tertiary/aromatic N) is 1. The lowest BCUT2D eigenvalue weighted by Gasteiger charge is -2.49. The van der Waals surface area contributed by atoms with E-state index in [0.29, 0.717) is 18.8 Å². The number of ether oxygens (including phenoxy) is 1. The monoisotopic (exact) mass is 362 g/mol. The van der Waals surface area contributed by atoms with Crippen molar-refractivity contribution in [1.82, 2.24) is 5.32 Å². The first kappa shape index (κ1) is 19.9. The highest BCUT2D eigenvalue weighted by Crippen LogP contribution is 2.43. The molecule has 1 aliphatic carbocycles. The molecule has 1 amide bonds. The third-order valence-corrected chi connectivity index (χ3v) is 6.24. The molecule has 2 aliphatic heterocycles. The van der Waals surface area contributed by atoms with Gasteiger partial charge in [0, 0.05) is 29.8 Å². The summed E-state index contributed by atoms with van der Waals surface area (Å²) in [5.74, 6) is 1.05. The van der Waals surface area contributed by atoms with Gasteiger partial charge in [0.05, 0.1) is 0 Å². The predicted octanol–water partition coefficient (Wildman–Crippen LogP) is 5.15. The molecule has 0 unspecified atom stereocenters. The summed E-state index contributed by atoms with van der Waals surface area (Å²) >= 11 is 0. The molecule has 1 saturated carbocycles. The van der Waals surface area contributed by atoms with E-state index in [0.717, 1.165) is 18.7 Å². The van der Waals surface area contributed by atoms with E-state index in [-0.39, 0.29) is 17.0 Å². The van der Waals surface area contributed by atoms with Crippen molar-refractivity contribution in [3.63, 3.8) is 0 Å². The number of hydrogen-bond acceptors (Lipinski definition) is 3. The Morgan fingerprint density at radius 1 is 0.846 bits per heavy atom. The Morgan fingerprint density at radius 3 is 1.81 bits per heavy atom. The fraction of sp³-hybridized carbons (Fsp3) is 0.909. The first-order valence-corrected chi connectivity index (χ1v) is 10.8. The maximum atomic E-state index is 13.0. The van der Waals surface area contributed by atoms with Gasteiger partial charge in [0.1, 0.15) is 0 Å². The second kappa shape index (κ2) is 7.61.